The van der Waals surface area contributed by atoms with Crippen LogP contribution in [0.2, 0.25) is 0 Å². The lowest BCUT2D eigenvalue weighted by Gasteiger charge is -2.27. The second-order valence-corrected chi connectivity index (χ2v) is 6.13. The van der Waals surface area contributed by atoms with Crippen molar-refractivity contribution in [2.45, 2.75) is 32.7 Å². The third kappa shape index (κ3) is 2.84. The van der Waals surface area contributed by atoms with Gasteiger partial charge >= 0.3 is 5.97 Å². The van der Waals surface area contributed by atoms with Crippen LogP contribution in [0, 0.1) is 5.92 Å². The number of carboxylic acid groups (broad SMARTS) is 1. The van der Waals surface area contributed by atoms with Crippen molar-refractivity contribution in [3.05, 3.63) is 35.9 Å². The third-order valence-electron chi connectivity index (χ3n) is 3.76. The van der Waals surface area contributed by atoms with Crippen molar-refractivity contribution in [1.82, 2.24) is 4.98 Å². The molecule has 0 radical (unpaired) electrons. The number of nitrogens with zero attached hydrogens (tertiary/aromatic N) is 2. The highest BCUT2D eigenvalue weighted by Crippen LogP contribution is 2.34. The van der Waals surface area contributed by atoms with Gasteiger partial charge in [0.05, 0.1) is 5.52 Å². The maximum absolute atomic E-state index is 11.6. The van der Waals surface area contributed by atoms with Gasteiger partial charge in [0, 0.05) is 18.0 Å². The van der Waals surface area contributed by atoms with Gasteiger partial charge in [0.1, 0.15) is 11.4 Å². The maximum atomic E-state index is 11.6. The van der Waals surface area contributed by atoms with Gasteiger partial charge in [-0.25, -0.2) is 9.78 Å². The van der Waals surface area contributed by atoms with E-state index in [1.54, 1.807) is 6.07 Å². The Labute approximate surface area is 124 Å². The van der Waals surface area contributed by atoms with Gasteiger partial charge in [0.25, 0.3) is 0 Å². The molecule has 0 saturated heterocycles. The van der Waals surface area contributed by atoms with Gasteiger partial charge in [-0.1, -0.05) is 32.0 Å². The highest BCUT2D eigenvalue weighted by atomic mass is 16.4. The fourth-order valence-corrected chi connectivity index (χ4v) is 2.67. The van der Waals surface area contributed by atoms with Gasteiger partial charge in [-0.05, 0) is 30.9 Å². The van der Waals surface area contributed by atoms with Gasteiger partial charge in [-0.2, -0.15) is 0 Å². The SMILES string of the molecule is CC(C)CN(c1nc2ccccc2cc1C(=O)O)C1CC1. The Kier molecular flexibility index (Phi) is 3.53. The van der Waals surface area contributed by atoms with E-state index in [1.807, 2.05) is 24.3 Å². The lowest BCUT2D eigenvalue weighted by atomic mass is 10.1. The monoisotopic (exact) mass is 284 g/mol. The van der Waals surface area contributed by atoms with E-state index in [2.05, 4.69) is 23.7 Å². The highest BCUT2D eigenvalue weighted by molar-refractivity contribution is 5.98. The number of carboxylic acids is 1. The van der Waals surface area contributed by atoms with E-state index < -0.39 is 5.97 Å². The molecule has 1 N–H and O–H groups in total. The molecule has 0 atom stereocenters. The molecule has 0 spiro atoms. The van der Waals surface area contributed by atoms with Crippen LogP contribution in [-0.2, 0) is 0 Å². The number of aromatic carboxylic acids is 1. The fraction of sp³-hybridized carbons (Fsp3) is 0.412. The van der Waals surface area contributed by atoms with Crippen LogP contribution < -0.4 is 4.90 Å². The van der Waals surface area contributed by atoms with Crippen molar-refractivity contribution in [3.8, 4) is 0 Å². The number of anilines is 1. The minimum absolute atomic E-state index is 0.307. The van der Waals surface area contributed by atoms with E-state index in [1.165, 1.54) is 0 Å². The molecule has 1 aliphatic carbocycles. The number of rotatable bonds is 5. The van der Waals surface area contributed by atoms with Crippen LogP contribution in [0.1, 0.15) is 37.0 Å². The summed E-state index contributed by atoms with van der Waals surface area (Å²) in [7, 11) is 0. The predicted molar refractivity (Wildman–Crippen MR) is 83.9 cm³/mol. The van der Waals surface area contributed by atoms with Crippen LogP contribution in [0.15, 0.2) is 30.3 Å². The number of carbonyl (C=O) groups is 1. The Hall–Kier alpha value is -2.10. The minimum atomic E-state index is -0.905. The number of aromatic nitrogens is 1. The smallest absolute Gasteiger partial charge is 0.339 e. The molecule has 3 rings (SSSR count). The second-order valence-electron chi connectivity index (χ2n) is 6.13. The predicted octanol–water partition coefficient (Wildman–Crippen LogP) is 3.56. The summed E-state index contributed by atoms with van der Waals surface area (Å²) in [6.07, 6.45) is 2.25. The molecule has 1 aliphatic rings. The Bertz CT molecular complexity index is 678. The Morgan fingerprint density at radius 2 is 2.10 bits per heavy atom. The molecule has 21 heavy (non-hydrogen) atoms. The average Bonchev–Trinajstić information content (AvgIpc) is 3.27. The molecule has 0 unspecified atom stereocenters. The summed E-state index contributed by atoms with van der Waals surface area (Å²) in [5.74, 6) is 0.190. The first-order chi connectivity index (χ1) is 10.1. The quantitative estimate of drug-likeness (QED) is 0.912. The van der Waals surface area contributed by atoms with Crippen molar-refractivity contribution in [3.63, 3.8) is 0 Å². The maximum Gasteiger partial charge on any atom is 0.339 e. The standard InChI is InChI=1S/C17H20N2O2/c1-11(2)10-19(13-7-8-13)16-14(17(20)21)9-12-5-3-4-6-15(12)18-16/h3-6,9,11,13H,7-8,10H2,1-2H3,(H,20,21). The topological polar surface area (TPSA) is 53.4 Å². The fourth-order valence-electron chi connectivity index (χ4n) is 2.67. The zero-order valence-corrected chi connectivity index (χ0v) is 12.4. The number of hydrogen-bond acceptors (Lipinski definition) is 3. The molecule has 4 nitrogen and oxygen atoms in total. The summed E-state index contributed by atoms with van der Waals surface area (Å²) in [6, 6.07) is 9.87. The van der Waals surface area contributed by atoms with Crippen LogP contribution in [0.3, 0.4) is 0 Å². The third-order valence-corrected chi connectivity index (χ3v) is 3.76. The van der Waals surface area contributed by atoms with Gasteiger partial charge < -0.3 is 10.0 Å². The number of hydrogen-bond donors (Lipinski definition) is 1. The number of fused-ring (bicyclic) bond motifs is 1. The average molecular weight is 284 g/mol. The summed E-state index contributed by atoms with van der Waals surface area (Å²) in [5, 5.41) is 10.4. The second kappa shape index (κ2) is 5.35. The van der Waals surface area contributed by atoms with Gasteiger partial charge in [-0.3, -0.25) is 0 Å². The van der Waals surface area contributed by atoms with E-state index in [0.29, 0.717) is 23.3 Å². The molecule has 0 amide bonds. The normalized spacial score (nSPS) is 14.6. The molecule has 1 aromatic heterocycles. The van der Waals surface area contributed by atoms with E-state index in [0.717, 1.165) is 30.3 Å². The number of benzene rings is 1. The van der Waals surface area contributed by atoms with Gasteiger partial charge in [-0.15, -0.1) is 0 Å². The van der Waals surface area contributed by atoms with Crippen LogP contribution >= 0.6 is 0 Å². The minimum Gasteiger partial charge on any atom is -0.478 e. The van der Waals surface area contributed by atoms with E-state index in [4.69, 9.17) is 0 Å². The molecule has 1 heterocycles. The molecule has 110 valence electrons. The van der Waals surface area contributed by atoms with Crippen LogP contribution in [0.25, 0.3) is 10.9 Å². The number of pyridine rings is 1. The largest absolute Gasteiger partial charge is 0.478 e. The molecule has 1 fully saturated rings. The van der Waals surface area contributed by atoms with Crippen molar-refractivity contribution in [2.24, 2.45) is 5.92 Å². The lowest BCUT2D eigenvalue weighted by molar-refractivity contribution is 0.0697. The molecular weight excluding hydrogens is 264 g/mol. The highest BCUT2D eigenvalue weighted by Gasteiger charge is 2.33. The van der Waals surface area contributed by atoms with Crippen LogP contribution in [-0.4, -0.2) is 28.6 Å². The first-order valence-electron chi connectivity index (χ1n) is 7.46. The number of para-hydroxylation sites is 1. The Morgan fingerprint density at radius 1 is 1.38 bits per heavy atom. The van der Waals surface area contributed by atoms with E-state index >= 15 is 0 Å². The van der Waals surface area contributed by atoms with Crippen molar-refractivity contribution < 1.29 is 9.90 Å². The van der Waals surface area contributed by atoms with Crippen molar-refractivity contribution in [1.29, 1.82) is 0 Å². The Morgan fingerprint density at radius 3 is 2.71 bits per heavy atom. The van der Waals surface area contributed by atoms with Gasteiger partial charge in [0.15, 0.2) is 0 Å². The molecule has 4 heteroatoms. The summed E-state index contributed by atoms with van der Waals surface area (Å²) in [4.78, 5) is 18.5. The van der Waals surface area contributed by atoms with Crippen molar-refractivity contribution in [2.75, 3.05) is 11.4 Å². The summed E-state index contributed by atoms with van der Waals surface area (Å²) in [5.41, 5.74) is 1.16. The van der Waals surface area contributed by atoms with Crippen LogP contribution in [0.4, 0.5) is 5.82 Å². The molecule has 1 aromatic carbocycles. The molecule has 2 aromatic rings. The first kappa shape index (κ1) is 13.9. The summed E-state index contributed by atoms with van der Waals surface area (Å²) >= 11 is 0. The summed E-state index contributed by atoms with van der Waals surface area (Å²) in [6.45, 7) is 5.14. The summed E-state index contributed by atoms with van der Waals surface area (Å²) < 4.78 is 0. The van der Waals surface area contributed by atoms with E-state index in [-0.39, 0.29) is 0 Å². The van der Waals surface area contributed by atoms with E-state index in [9.17, 15) is 9.90 Å². The lowest BCUT2D eigenvalue weighted by Crippen LogP contribution is -2.32. The molecule has 0 aliphatic heterocycles. The molecule has 0 bridgehead atoms. The van der Waals surface area contributed by atoms with Gasteiger partial charge in [0.2, 0.25) is 0 Å². The van der Waals surface area contributed by atoms with Crippen LogP contribution in [0.5, 0.6) is 0 Å². The first-order valence-corrected chi connectivity index (χ1v) is 7.46. The molecular formula is C17H20N2O2. The van der Waals surface area contributed by atoms with Crippen molar-refractivity contribution >= 4 is 22.7 Å². The zero-order valence-electron chi connectivity index (χ0n) is 12.4. The molecule has 1 saturated carbocycles. The Balaban J connectivity index is 2.13. The zero-order chi connectivity index (χ0) is 15.0.